The second-order valence-corrected chi connectivity index (χ2v) is 12.3. The van der Waals surface area contributed by atoms with E-state index in [1.807, 2.05) is 0 Å². The van der Waals surface area contributed by atoms with E-state index in [9.17, 15) is 9.59 Å². The van der Waals surface area contributed by atoms with Crippen LogP contribution in [0.25, 0.3) is 12.2 Å². The monoisotopic (exact) mass is 565 g/mol. The maximum Gasteiger partial charge on any atom is 0.362 e. The molecule has 0 radical (unpaired) electrons. The van der Waals surface area contributed by atoms with Crippen LogP contribution < -0.4 is 11.3 Å². The molecule has 2 N–H and O–H groups in total. The lowest BCUT2D eigenvalue weighted by atomic mass is 9.73. The van der Waals surface area contributed by atoms with Crippen molar-refractivity contribution in [3.63, 3.8) is 0 Å². The van der Waals surface area contributed by atoms with Crippen LogP contribution in [-0.2, 0) is 14.4 Å². The topological polar surface area (TPSA) is 112 Å². The number of esters is 1. The molecule has 41 heavy (non-hydrogen) atoms. The van der Waals surface area contributed by atoms with E-state index in [-0.39, 0.29) is 42.8 Å². The summed E-state index contributed by atoms with van der Waals surface area (Å²) in [5.41, 5.74) is 5.93. The number of ether oxygens (including phenoxy) is 1. The summed E-state index contributed by atoms with van der Waals surface area (Å²) < 4.78 is 7.02. The molecule has 5 rings (SSSR count). The standard InChI is InChI=1S/C32H47N5O4/c1-4-27-28(5-2)37(31(38)29(34-27)30(32(39)40-6-3)35-41-15-14-33)26-19-23-12-9-13-24(20-26)36(23)25-17-21-10-7-8-11-22(16-21)18-25/h4-5,21-26H,1-2,6-20,33H2,3H3. The van der Waals surface area contributed by atoms with Gasteiger partial charge in [-0.25, -0.2) is 9.78 Å². The Kier molecular flexibility index (Phi) is 9.75. The lowest BCUT2D eigenvalue weighted by molar-refractivity contribution is -0.135. The van der Waals surface area contributed by atoms with Crippen molar-refractivity contribution in [1.29, 1.82) is 0 Å². The number of oxime groups is 1. The van der Waals surface area contributed by atoms with Crippen LogP contribution in [0.5, 0.6) is 0 Å². The summed E-state index contributed by atoms with van der Waals surface area (Å²) in [6.07, 6.45) is 18.2. The maximum absolute atomic E-state index is 14.2. The quantitative estimate of drug-likeness (QED) is 0.190. The van der Waals surface area contributed by atoms with Gasteiger partial charge in [-0.1, -0.05) is 50.4 Å². The lowest BCUT2D eigenvalue weighted by Gasteiger charge is -2.54. The Morgan fingerprint density at radius 1 is 0.976 bits per heavy atom. The highest BCUT2D eigenvalue weighted by Gasteiger charge is 2.45. The van der Waals surface area contributed by atoms with E-state index in [0.29, 0.717) is 29.5 Å². The molecule has 0 aromatic carbocycles. The van der Waals surface area contributed by atoms with Gasteiger partial charge in [-0.3, -0.25) is 9.69 Å². The summed E-state index contributed by atoms with van der Waals surface area (Å²) in [6, 6.07) is 1.50. The Morgan fingerprint density at radius 2 is 1.66 bits per heavy atom. The van der Waals surface area contributed by atoms with Crippen molar-refractivity contribution < 1.29 is 14.4 Å². The molecule has 1 aromatic rings. The molecule has 0 spiro atoms. The van der Waals surface area contributed by atoms with Crippen molar-refractivity contribution in [3.8, 4) is 0 Å². The smallest absolute Gasteiger partial charge is 0.362 e. The first-order valence-electron chi connectivity index (χ1n) is 15.7. The summed E-state index contributed by atoms with van der Waals surface area (Å²) in [4.78, 5) is 39.8. The molecule has 224 valence electrons. The molecule has 2 aliphatic carbocycles. The molecule has 4 unspecified atom stereocenters. The highest BCUT2D eigenvalue weighted by atomic mass is 16.6. The van der Waals surface area contributed by atoms with Gasteiger partial charge < -0.3 is 19.9 Å². The largest absolute Gasteiger partial charge is 0.461 e. The molecule has 0 amide bonds. The molecule has 4 fully saturated rings. The molecule has 2 saturated heterocycles. The van der Waals surface area contributed by atoms with Crippen molar-refractivity contribution in [3.05, 3.63) is 40.6 Å². The minimum absolute atomic E-state index is 0.0400. The van der Waals surface area contributed by atoms with Gasteiger partial charge in [0.2, 0.25) is 5.71 Å². The van der Waals surface area contributed by atoms with Crippen molar-refractivity contribution >= 4 is 23.8 Å². The molecule has 1 aromatic heterocycles. The molecule has 3 heterocycles. The number of nitrogens with two attached hydrogens (primary N) is 1. The highest BCUT2D eigenvalue weighted by molar-refractivity contribution is 6.42. The van der Waals surface area contributed by atoms with Crippen molar-refractivity contribution in [1.82, 2.24) is 14.5 Å². The average molecular weight is 566 g/mol. The van der Waals surface area contributed by atoms with E-state index >= 15 is 0 Å². The summed E-state index contributed by atoms with van der Waals surface area (Å²) in [5, 5.41) is 3.96. The molecule has 2 saturated carbocycles. The van der Waals surface area contributed by atoms with Crippen molar-refractivity contribution in [2.24, 2.45) is 22.7 Å². The second kappa shape index (κ2) is 13.5. The van der Waals surface area contributed by atoms with Crippen LogP contribution in [0.2, 0.25) is 0 Å². The fraction of sp³-hybridized carbons (Fsp3) is 0.688. The third kappa shape index (κ3) is 6.21. The van der Waals surface area contributed by atoms with Crippen LogP contribution in [0.1, 0.15) is 107 Å². The number of hydrogen-bond acceptors (Lipinski definition) is 8. The molecule has 9 nitrogen and oxygen atoms in total. The van der Waals surface area contributed by atoms with Crippen molar-refractivity contribution in [2.45, 2.75) is 108 Å². The van der Waals surface area contributed by atoms with Crippen LogP contribution in [0, 0.1) is 11.8 Å². The molecule has 2 aliphatic heterocycles. The van der Waals surface area contributed by atoms with Crippen molar-refractivity contribution in [2.75, 3.05) is 19.8 Å². The fourth-order valence-electron chi connectivity index (χ4n) is 8.29. The molecule has 4 bridgehead atoms. The predicted octanol–water partition coefficient (Wildman–Crippen LogP) is 4.69. The number of rotatable bonds is 10. The Balaban J connectivity index is 1.50. The zero-order valence-electron chi connectivity index (χ0n) is 24.6. The molecule has 9 heteroatoms. The van der Waals surface area contributed by atoms with E-state index in [2.05, 4.69) is 28.2 Å². The lowest BCUT2D eigenvalue weighted by Crippen LogP contribution is -2.58. The Labute approximate surface area is 243 Å². The SMILES string of the molecule is C=Cc1nc(C(=NOCCN)C(=O)OCC)c(=O)n(C2CC3CCCC(C2)N3C2CC3CCCCC(C3)C2)c1C=C. The Bertz CT molecular complexity index is 1180. The van der Waals surface area contributed by atoms with E-state index in [1.54, 1.807) is 23.6 Å². The molecular weight excluding hydrogens is 518 g/mol. The third-order valence-electron chi connectivity index (χ3n) is 9.77. The fourth-order valence-corrected chi connectivity index (χ4v) is 8.29. The van der Waals surface area contributed by atoms with E-state index in [1.165, 1.54) is 51.4 Å². The minimum atomic E-state index is -0.757. The second-order valence-electron chi connectivity index (χ2n) is 12.3. The number of carbonyl (C=O) groups excluding carboxylic acids is 1. The predicted molar refractivity (Wildman–Crippen MR) is 161 cm³/mol. The zero-order chi connectivity index (χ0) is 28.9. The van der Waals surface area contributed by atoms with Gasteiger partial charge in [0.05, 0.1) is 18.0 Å². The van der Waals surface area contributed by atoms with Crippen LogP contribution >= 0.6 is 0 Å². The van der Waals surface area contributed by atoms with Gasteiger partial charge in [0.25, 0.3) is 5.56 Å². The molecule has 4 aliphatic rings. The van der Waals surface area contributed by atoms with E-state index < -0.39 is 5.97 Å². The summed E-state index contributed by atoms with van der Waals surface area (Å²) >= 11 is 0. The van der Waals surface area contributed by atoms with Crippen LogP contribution in [-0.4, -0.2) is 64.0 Å². The maximum atomic E-state index is 14.2. The van der Waals surface area contributed by atoms with E-state index in [0.717, 1.165) is 37.5 Å². The number of hydrogen-bond donors (Lipinski definition) is 1. The van der Waals surface area contributed by atoms with Gasteiger partial charge >= 0.3 is 5.97 Å². The molecular formula is C32H47N5O4. The first kappa shape index (κ1) is 29.7. The summed E-state index contributed by atoms with van der Waals surface area (Å²) in [5.74, 6) is 0.983. The van der Waals surface area contributed by atoms with Gasteiger partial charge in [-0.15, -0.1) is 0 Å². The third-order valence-corrected chi connectivity index (χ3v) is 9.77. The first-order chi connectivity index (χ1) is 20.0. The number of fused-ring (bicyclic) bond motifs is 4. The van der Waals surface area contributed by atoms with E-state index in [4.69, 9.17) is 15.3 Å². The van der Waals surface area contributed by atoms with Gasteiger partial charge in [-0.2, -0.15) is 0 Å². The van der Waals surface area contributed by atoms with Crippen LogP contribution in [0.15, 0.2) is 23.1 Å². The Hall–Kier alpha value is -2.78. The minimum Gasteiger partial charge on any atom is -0.461 e. The Morgan fingerprint density at radius 3 is 2.24 bits per heavy atom. The molecule has 4 atom stereocenters. The zero-order valence-corrected chi connectivity index (χ0v) is 24.6. The van der Waals surface area contributed by atoms with Gasteiger partial charge in [0.1, 0.15) is 6.61 Å². The normalized spacial score (nSPS) is 30.2. The number of carbonyl (C=O) groups is 1. The number of piperidine rings is 2. The van der Waals surface area contributed by atoms with Gasteiger partial charge in [0.15, 0.2) is 5.69 Å². The van der Waals surface area contributed by atoms with Crippen LogP contribution in [0.4, 0.5) is 0 Å². The van der Waals surface area contributed by atoms with Crippen LogP contribution in [0.3, 0.4) is 0 Å². The highest BCUT2D eigenvalue weighted by Crippen LogP contribution is 2.46. The first-order valence-corrected chi connectivity index (χ1v) is 15.7. The summed E-state index contributed by atoms with van der Waals surface area (Å²) in [6.45, 7) is 10.1. The average Bonchev–Trinajstić information content (AvgIpc) is 3.13. The van der Waals surface area contributed by atoms with Gasteiger partial charge in [-0.05, 0) is 75.9 Å². The number of nitrogens with zero attached hydrogens (tertiary/aromatic N) is 4. The van der Waals surface area contributed by atoms with Gasteiger partial charge in [0, 0.05) is 30.7 Å². The number of aromatic nitrogens is 2. The summed E-state index contributed by atoms with van der Waals surface area (Å²) in [7, 11) is 0.